The van der Waals surface area contributed by atoms with Gasteiger partial charge in [0.1, 0.15) is 0 Å². The Bertz CT molecular complexity index is 452. The molecule has 2 nitrogen and oxygen atoms in total. The second kappa shape index (κ2) is 10.2. The lowest BCUT2D eigenvalue weighted by Gasteiger charge is -2.20. The Morgan fingerprint density at radius 1 is 1.14 bits per heavy atom. The van der Waals surface area contributed by atoms with Crippen molar-refractivity contribution < 1.29 is 4.79 Å². The summed E-state index contributed by atoms with van der Waals surface area (Å²) >= 11 is 0. The van der Waals surface area contributed by atoms with E-state index in [9.17, 15) is 4.79 Å². The van der Waals surface area contributed by atoms with Crippen LogP contribution in [-0.4, -0.2) is 11.9 Å². The third-order valence-electron chi connectivity index (χ3n) is 4.23. The fourth-order valence-corrected chi connectivity index (χ4v) is 2.89. The van der Waals surface area contributed by atoms with Crippen LogP contribution >= 0.6 is 0 Å². The number of carbonyl (C=O) groups excluding carboxylic acids is 1. The molecule has 2 atom stereocenters. The topological polar surface area (TPSA) is 29.1 Å². The standard InChI is InChI=1S/C20H31NO/c1-5-11-19(21-20(22)16(3)4)15-10-14-17(6-2)18-12-8-7-9-13-18/h7-9,12-13,17,19H,3,5-6,10-11,14-15H2,1-2,4H3,(H,21,22). The van der Waals surface area contributed by atoms with Gasteiger partial charge in [0.05, 0.1) is 0 Å². The summed E-state index contributed by atoms with van der Waals surface area (Å²) < 4.78 is 0. The molecule has 2 unspecified atom stereocenters. The number of hydrogen-bond acceptors (Lipinski definition) is 1. The Balaban J connectivity index is 2.47. The van der Waals surface area contributed by atoms with Gasteiger partial charge < -0.3 is 5.32 Å². The smallest absolute Gasteiger partial charge is 0.246 e. The molecule has 2 heteroatoms. The van der Waals surface area contributed by atoms with Gasteiger partial charge in [0.2, 0.25) is 5.91 Å². The molecule has 0 saturated carbocycles. The molecule has 1 aromatic carbocycles. The molecule has 0 saturated heterocycles. The van der Waals surface area contributed by atoms with E-state index < -0.39 is 0 Å². The molecule has 0 radical (unpaired) electrons. The fraction of sp³-hybridized carbons (Fsp3) is 0.550. The summed E-state index contributed by atoms with van der Waals surface area (Å²) in [5.41, 5.74) is 2.03. The Morgan fingerprint density at radius 2 is 1.82 bits per heavy atom. The Kier molecular flexibility index (Phi) is 8.57. The predicted molar refractivity (Wildman–Crippen MR) is 95.0 cm³/mol. The van der Waals surface area contributed by atoms with Gasteiger partial charge in [0, 0.05) is 11.6 Å². The van der Waals surface area contributed by atoms with Crippen LogP contribution in [0.1, 0.15) is 70.8 Å². The molecule has 0 fully saturated rings. The van der Waals surface area contributed by atoms with Gasteiger partial charge in [-0.05, 0) is 44.1 Å². The van der Waals surface area contributed by atoms with Gasteiger partial charge in [-0.15, -0.1) is 0 Å². The maximum Gasteiger partial charge on any atom is 0.246 e. The van der Waals surface area contributed by atoms with E-state index in [4.69, 9.17) is 0 Å². The zero-order chi connectivity index (χ0) is 16.4. The first-order valence-electron chi connectivity index (χ1n) is 8.59. The van der Waals surface area contributed by atoms with Gasteiger partial charge in [0.25, 0.3) is 0 Å². The minimum atomic E-state index is -0.00597. The molecule has 0 aliphatic heterocycles. The van der Waals surface area contributed by atoms with Gasteiger partial charge in [-0.1, -0.05) is 63.6 Å². The molecule has 1 N–H and O–H groups in total. The van der Waals surface area contributed by atoms with Gasteiger partial charge in [-0.3, -0.25) is 4.79 Å². The lowest BCUT2D eigenvalue weighted by Crippen LogP contribution is -2.35. The number of hydrogen-bond donors (Lipinski definition) is 1. The highest BCUT2D eigenvalue weighted by Crippen LogP contribution is 2.25. The second-order valence-corrected chi connectivity index (χ2v) is 6.19. The molecule has 0 heterocycles. The first kappa shape index (κ1) is 18.5. The van der Waals surface area contributed by atoms with Crippen LogP contribution in [0.15, 0.2) is 42.5 Å². The summed E-state index contributed by atoms with van der Waals surface area (Å²) in [4.78, 5) is 11.8. The molecule has 1 rings (SSSR count). The lowest BCUT2D eigenvalue weighted by molar-refractivity contribution is -0.118. The predicted octanol–water partition coefficient (Wildman–Crippen LogP) is 5.21. The molecule has 0 aliphatic rings. The van der Waals surface area contributed by atoms with Gasteiger partial charge in [0.15, 0.2) is 0 Å². The summed E-state index contributed by atoms with van der Waals surface area (Å²) in [5, 5.41) is 3.11. The fourth-order valence-electron chi connectivity index (χ4n) is 2.89. The van der Waals surface area contributed by atoms with Crippen molar-refractivity contribution in [1.29, 1.82) is 0 Å². The van der Waals surface area contributed by atoms with E-state index in [-0.39, 0.29) is 11.9 Å². The van der Waals surface area contributed by atoms with Gasteiger partial charge in [-0.2, -0.15) is 0 Å². The first-order valence-corrected chi connectivity index (χ1v) is 8.59. The SMILES string of the molecule is C=C(C)C(=O)NC(CCC)CCCC(CC)c1ccccc1. The van der Waals surface area contributed by atoms with Gasteiger partial charge in [-0.25, -0.2) is 0 Å². The molecule has 122 valence electrons. The van der Waals surface area contributed by atoms with E-state index in [1.54, 1.807) is 6.92 Å². The van der Waals surface area contributed by atoms with Crippen molar-refractivity contribution in [3.8, 4) is 0 Å². The minimum Gasteiger partial charge on any atom is -0.350 e. The molecule has 0 bridgehead atoms. The van der Waals surface area contributed by atoms with Crippen molar-refractivity contribution in [1.82, 2.24) is 5.32 Å². The van der Waals surface area contributed by atoms with Crippen molar-refractivity contribution in [2.45, 2.75) is 71.3 Å². The summed E-state index contributed by atoms with van der Waals surface area (Å²) in [5.74, 6) is 0.619. The van der Waals surface area contributed by atoms with E-state index in [0.717, 1.165) is 25.7 Å². The monoisotopic (exact) mass is 301 g/mol. The van der Waals surface area contributed by atoms with E-state index in [1.165, 1.54) is 18.4 Å². The Labute approximate surface area is 136 Å². The molecule has 0 aromatic heterocycles. The van der Waals surface area contributed by atoms with E-state index >= 15 is 0 Å². The number of amides is 1. The highest BCUT2D eigenvalue weighted by Gasteiger charge is 2.14. The van der Waals surface area contributed by atoms with Crippen LogP contribution in [0.4, 0.5) is 0 Å². The van der Waals surface area contributed by atoms with Crippen LogP contribution in [0.2, 0.25) is 0 Å². The average molecular weight is 301 g/mol. The maximum absolute atomic E-state index is 11.8. The van der Waals surface area contributed by atoms with Crippen molar-refractivity contribution >= 4 is 5.91 Å². The van der Waals surface area contributed by atoms with Crippen molar-refractivity contribution in [2.75, 3.05) is 0 Å². The second-order valence-electron chi connectivity index (χ2n) is 6.19. The van der Waals surface area contributed by atoms with Crippen LogP contribution in [0.25, 0.3) is 0 Å². The lowest BCUT2D eigenvalue weighted by atomic mass is 9.90. The van der Waals surface area contributed by atoms with Crippen molar-refractivity contribution in [2.24, 2.45) is 0 Å². The molecular weight excluding hydrogens is 270 g/mol. The minimum absolute atomic E-state index is 0.00597. The molecular formula is C20H31NO. The van der Waals surface area contributed by atoms with E-state index in [1.807, 2.05) is 0 Å². The maximum atomic E-state index is 11.8. The largest absolute Gasteiger partial charge is 0.350 e. The normalized spacial score (nSPS) is 13.4. The zero-order valence-corrected chi connectivity index (χ0v) is 14.4. The van der Waals surface area contributed by atoms with Crippen molar-refractivity contribution in [3.63, 3.8) is 0 Å². The molecule has 22 heavy (non-hydrogen) atoms. The van der Waals surface area contributed by atoms with Crippen LogP contribution in [0.3, 0.4) is 0 Å². The number of rotatable bonds is 10. The zero-order valence-electron chi connectivity index (χ0n) is 14.4. The molecule has 0 aliphatic carbocycles. The Morgan fingerprint density at radius 3 is 2.36 bits per heavy atom. The summed E-state index contributed by atoms with van der Waals surface area (Å²) in [6, 6.07) is 11.0. The van der Waals surface area contributed by atoms with Crippen LogP contribution < -0.4 is 5.32 Å². The van der Waals surface area contributed by atoms with Crippen LogP contribution in [0.5, 0.6) is 0 Å². The van der Waals surface area contributed by atoms with E-state index in [0.29, 0.717) is 11.5 Å². The molecule has 0 spiro atoms. The van der Waals surface area contributed by atoms with Crippen LogP contribution in [0, 0.1) is 0 Å². The molecule has 1 aromatic rings. The highest BCUT2D eigenvalue weighted by atomic mass is 16.1. The highest BCUT2D eigenvalue weighted by molar-refractivity contribution is 5.92. The van der Waals surface area contributed by atoms with Crippen molar-refractivity contribution in [3.05, 3.63) is 48.0 Å². The van der Waals surface area contributed by atoms with Crippen LogP contribution in [-0.2, 0) is 4.79 Å². The average Bonchev–Trinajstić information content (AvgIpc) is 2.52. The summed E-state index contributed by atoms with van der Waals surface area (Å²) in [6.45, 7) is 9.90. The third kappa shape index (κ3) is 6.46. The number of benzene rings is 1. The number of carbonyl (C=O) groups is 1. The van der Waals surface area contributed by atoms with Gasteiger partial charge >= 0.3 is 0 Å². The summed E-state index contributed by atoms with van der Waals surface area (Å²) in [7, 11) is 0. The quantitative estimate of drug-likeness (QED) is 0.590. The third-order valence-corrected chi connectivity index (χ3v) is 4.23. The number of nitrogens with one attached hydrogen (secondary N) is 1. The summed E-state index contributed by atoms with van der Waals surface area (Å²) in [6.07, 6.45) is 6.69. The van der Waals surface area contributed by atoms with E-state index in [2.05, 4.69) is 56.1 Å². The Hall–Kier alpha value is -1.57. The molecule has 1 amide bonds. The first-order chi connectivity index (χ1) is 10.6.